The fourth-order valence-electron chi connectivity index (χ4n) is 3.12. The van der Waals surface area contributed by atoms with E-state index in [-0.39, 0.29) is 30.4 Å². The number of hydrogen-bond acceptors (Lipinski definition) is 4. The van der Waals surface area contributed by atoms with Gasteiger partial charge in [0.05, 0.1) is 35.7 Å². The summed E-state index contributed by atoms with van der Waals surface area (Å²) in [6.45, 7) is 3.90. The van der Waals surface area contributed by atoms with E-state index in [1.807, 2.05) is 37.3 Å². The molecule has 0 spiro atoms. The van der Waals surface area contributed by atoms with Crippen LogP contribution in [0.25, 0.3) is 0 Å². The van der Waals surface area contributed by atoms with E-state index < -0.39 is 11.9 Å². The Morgan fingerprint density at radius 3 is 2.36 bits per heavy atom. The van der Waals surface area contributed by atoms with Gasteiger partial charge in [-0.05, 0) is 38.0 Å². The Bertz CT molecular complexity index is 866. The van der Waals surface area contributed by atoms with Crippen LogP contribution in [0.3, 0.4) is 0 Å². The van der Waals surface area contributed by atoms with Crippen molar-refractivity contribution in [3.63, 3.8) is 0 Å². The van der Waals surface area contributed by atoms with Gasteiger partial charge in [-0.2, -0.15) is 0 Å². The summed E-state index contributed by atoms with van der Waals surface area (Å²) in [5, 5.41) is 5.72. The summed E-state index contributed by atoms with van der Waals surface area (Å²) in [5.41, 5.74) is 1.72. The number of carbonyl (C=O) groups excluding carboxylic acids is 3. The van der Waals surface area contributed by atoms with Gasteiger partial charge in [0.15, 0.2) is 0 Å². The normalized spacial score (nSPS) is 18.6. The Morgan fingerprint density at radius 1 is 1.00 bits per heavy atom. The van der Waals surface area contributed by atoms with Gasteiger partial charge in [0.2, 0.25) is 11.8 Å². The Balaban J connectivity index is 1.58. The molecule has 1 fully saturated rings. The predicted molar refractivity (Wildman–Crippen MR) is 106 cm³/mol. The maximum Gasteiger partial charge on any atom is 0.340 e. The molecule has 0 bridgehead atoms. The predicted octanol–water partition coefficient (Wildman–Crippen LogP) is 3.32. The zero-order valence-electron chi connectivity index (χ0n) is 16.0. The number of carbonyl (C=O) groups is 3. The van der Waals surface area contributed by atoms with Gasteiger partial charge in [0.1, 0.15) is 0 Å². The molecule has 28 heavy (non-hydrogen) atoms. The first-order valence-electron chi connectivity index (χ1n) is 9.43. The zero-order chi connectivity index (χ0) is 20.1. The Morgan fingerprint density at radius 2 is 1.64 bits per heavy atom. The van der Waals surface area contributed by atoms with Crippen molar-refractivity contribution in [1.82, 2.24) is 5.32 Å². The standard InChI is InChI=1S/C22H24N2O4/c1-3-28-22(27)16-11-7-8-12-19(16)24-21(26)18-13-17(18)20(25)23-14(2)15-9-5-4-6-10-15/h4-12,14,17-18H,3,13H2,1-2H3,(H,23,25)(H,24,26). The molecule has 1 aliphatic rings. The Hall–Kier alpha value is -3.15. The van der Waals surface area contributed by atoms with Crippen LogP contribution in [0, 0.1) is 11.8 Å². The Labute approximate surface area is 164 Å². The molecule has 0 radical (unpaired) electrons. The van der Waals surface area contributed by atoms with Crippen LogP contribution in [0.4, 0.5) is 5.69 Å². The number of para-hydroxylation sites is 1. The molecule has 2 aromatic rings. The number of amides is 2. The summed E-state index contributed by atoms with van der Waals surface area (Å²) in [4.78, 5) is 37.0. The van der Waals surface area contributed by atoms with E-state index in [9.17, 15) is 14.4 Å². The largest absolute Gasteiger partial charge is 0.462 e. The second-order valence-corrected chi connectivity index (χ2v) is 6.84. The van der Waals surface area contributed by atoms with Crippen molar-refractivity contribution in [1.29, 1.82) is 0 Å². The van der Waals surface area contributed by atoms with Crippen molar-refractivity contribution in [3.8, 4) is 0 Å². The van der Waals surface area contributed by atoms with Gasteiger partial charge in [0.25, 0.3) is 0 Å². The summed E-state index contributed by atoms with van der Waals surface area (Å²) < 4.78 is 5.02. The van der Waals surface area contributed by atoms with E-state index in [0.717, 1.165) is 5.56 Å². The van der Waals surface area contributed by atoms with E-state index in [1.54, 1.807) is 31.2 Å². The molecule has 6 nitrogen and oxygen atoms in total. The second-order valence-electron chi connectivity index (χ2n) is 6.84. The van der Waals surface area contributed by atoms with Gasteiger partial charge >= 0.3 is 5.97 Å². The van der Waals surface area contributed by atoms with Gasteiger partial charge in [-0.1, -0.05) is 42.5 Å². The number of nitrogens with one attached hydrogen (secondary N) is 2. The first-order chi connectivity index (χ1) is 13.5. The number of ether oxygens (including phenoxy) is 1. The number of esters is 1. The molecule has 2 aromatic carbocycles. The van der Waals surface area contributed by atoms with Gasteiger partial charge in [-0.15, -0.1) is 0 Å². The third-order valence-electron chi connectivity index (χ3n) is 4.80. The smallest absolute Gasteiger partial charge is 0.340 e. The van der Waals surface area contributed by atoms with E-state index in [2.05, 4.69) is 10.6 Å². The average molecular weight is 380 g/mol. The molecule has 0 heterocycles. The number of benzene rings is 2. The van der Waals surface area contributed by atoms with Crippen LogP contribution in [-0.4, -0.2) is 24.4 Å². The summed E-state index contributed by atoms with van der Waals surface area (Å²) >= 11 is 0. The van der Waals surface area contributed by atoms with E-state index in [4.69, 9.17) is 4.74 Å². The summed E-state index contributed by atoms with van der Waals surface area (Å²) in [6.07, 6.45) is 0.501. The Kier molecular flexibility index (Phi) is 6.09. The van der Waals surface area contributed by atoms with Gasteiger partial charge in [-0.25, -0.2) is 4.79 Å². The molecule has 0 aliphatic heterocycles. The van der Waals surface area contributed by atoms with Crippen LogP contribution in [0.5, 0.6) is 0 Å². The molecule has 2 amide bonds. The molecule has 3 rings (SSSR count). The highest BCUT2D eigenvalue weighted by molar-refractivity contribution is 6.04. The first kappa shape index (κ1) is 19.6. The van der Waals surface area contributed by atoms with Gasteiger partial charge in [-0.3, -0.25) is 9.59 Å². The molecule has 3 atom stereocenters. The van der Waals surface area contributed by atoms with Crippen LogP contribution in [0.15, 0.2) is 54.6 Å². The summed E-state index contributed by atoms with van der Waals surface area (Å²) in [7, 11) is 0. The molecular formula is C22H24N2O4. The van der Waals surface area contributed by atoms with Crippen molar-refractivity contribution < 1.29 is 19.1 Å². The first-order valence-corrected chi connectivity index (χ1v) is 9.43. The molecule has 0 aromatic heterocycles. The number of rotatable bonds is 7. The highest BCUT2D eigenvalue weighted by Crippen LogP contribution is 2.40. The minimum Gasteiger partial charge on any atom is -0.462 e. The molecular weight excluding hydrogens is 356 g/mol. The molecule has 146 valence electrons. The van der Waals surface area contributed by atoms with Gasteiger partial charge < -0.3 is 15.4 Å². The lowest BCUT2D eigenvalue weighted by Gasteiger charge is -2.14. The molecule has 6 heteroatoms. The molecule has 2 N–H and O–H groups in total. The van der Waals surface area contributed by atoms with E-state index in [1.165, 1.54) is 0 Å². The minimum absolute atomic E-state index is 0.123. The lowest BCUT2D eigenvalue weighted by Crippen LogP contribution is -2.30. The van der Waals surface area contributed by atoms with Crippen molar-refractivity contribution in [3.05, 3.63) is 65.7 Å². The highest BCUT2D eigenvalue weighted by atomic mass is 16.5. The highest BCUT2D eigenvalue weighted by Gasteiger charge is 2.48. The van der Waals surface area contributed by atoms with Crippen LogP contribution in [-0.2, 0) is 14.3 Å². The second kappa shape index (κ2) is 8.69. The SMILES string of the molecule is CCOC(=O)c1ccccc1NC(=O)C1CC1C(=O)NC(C)c1ccccc1. The molecule has 0 saturated heterocycles. The average Bonchev–Trinajstić information content (AvgIpc) is 3.50. The van der Waals surface area contributed by atoms with Gasteiger partial charge in [0, 0.05) is 0 Å². The lowest BCUT2D eigenvalue weighted by atomic mass is 10.1. The lowest BCUT2D eigenvalue weighted by molar-refractivity contribution is -0.125. The third-order valence-corrected chi connectivity index (χ3v) is 4.80. The minimum atomic E-state index is -0.486. The van der Waals surface area contributed by atoms with Crippen LogP contribution >= 0.6 is 0 Å². The van der Waals surface area contributed by atoms with E-state index >= 15 is 0 Å². The number of anilines is 1. The monoisotopic (exact) mass is 380 g/mol. The topological polar surface area (TPSA) is 84.5 Å². The summed E-state index contributed by atoms with van der Waals surface area (Å²) in [6, 6.07) is 16.2. The maximum atomic E-state index is 12.5. The van der Waals surface area contributed by atoms with Crippen LogP contribution in [0.2, 0.25) is 0 Å². The molecule has 1 saturated carbocycles. The number of hydrogen-bond donors (Lipinski definition) is 2. The van der Waals surface area contributed by atoms with Crippen molar-refractivity contribution in [2.45, 2.75) is 26.3 Å². The summed E-state index contributed by atoms with van der Waals surface area (Å²) in [5.74, 6) is -1.61. The van der Waals surface area contributed by atoms with E-state index in [0.29, 0.717) is 17.7 Å². The molecule has 1 aliphatic carbocycles. The van der Waals surface area contributed by atoms with Crippen molar-refractivity contribution in [2.24, 2.45) is 11.8 Å². The van der Waals surface area contributed by atoms with Crippen molar-refractivity contribution >= 4 is 23.5 Å². The van der Waals surface area contributed by atoms with Crippen LogP contribution in [0.1, 0.15) is 42.2 Å². The fourth-order valence-corrected chi connectivity index (χ4v) is 3.12. The molecule has 3 unspecified atom stereocenters. The van der Waals surface area contributed by atoms with Crippen molar-refractivity contribution in [2.75, 3.05) is 11.9 Å². The quantitative estimate of drug-likeness (QED) is 0.722. The third kappa shape index (κ3) is 4.57. The maximum absolute atomic E-state index is 12.5. The zero-order valence-corrected chi connectivity index (χ0v) is 16.0. The van der Waals surface area contributed by atoms with Crippen LogP contribution < -0.4 is 10.6 Å². The fraction of sp³-hybridized carbons (Fsp3) is 0.318.